The van der Waals surface area contributed by atoms with E-state index in [1.54, 1.807) is 6.92 Å². The van der Waals surface area contributed by atoms with Crippen LogP contribution in [0.2, 0.25) is 0 Å². The van der Waals surface area contributed by atoms with Crippen molar-refractivity contribution in [2.45, 2.75) is 40.0 Å². The fourth-order valence-corrected chi connectivity index (χ4v) is 1.70. The molecule has 0 amide bonds. The molecule has 0 aromatic heterocycles. The topological polar surface area (TPSA) is 17.1 Å². The summed E-state index contributed by atoms with van der Waals surface area (Å²) in [4.78, 5) is 11.5. The third kappa shape index (κ3) is 1.87. The summed E-state index contributed by atoms with van der Waals surface area (Å²) in [5.74, 6) is 0.212. The van der Waals surface area contributed by atoms with Crippen molar-refractivity contribution in [3.63, 3.8) is 0 Å². The average Bonchev–Trinajstić information content (AvgIpc) is 2.02. The molecule has 1 aromatic rings. The van der Waals surface area contributed by atoms with Crippen LogP contribution in [0.5, 0.6) is 0 Å². The summed E-state index contributed by atoms with van der Waals surface area (Å²) < 4.78 is 0. The molecule has 0 aliphatic heterocycles. The van der Waals surface area contributed by atoms with Gasteiger partial charge in [0.2, 0.25) is 0 Å². The van der Waals surface area contributed by atoms with E-state index in [0.717, 1.165) is 5.56 Å². The first-order valence-corrected chi connectivity index (χ1v) is 4.94. The van der Waals surface area contributed by atoms with Gasteiger partial charge in [0.1, 0.15) is 5.78 Å². The monoisotopic (exact) mass is 190 g/mol. The number of benzene rings is 1. The van der Waals surface area contributed by atoms with Gasteiger partial charge in [-0.1, -0.05) is 23.8 Å². The van der Waals surface area contributed by atoms with Crippen LogP contribution in [0.25, 0.3) is 0 Å². The van der Waals surface area contributed by atoms with Gasteiger partial charge in [0.25, 0.3) is 0 Å². The standard InChI is InChI=1S/C13H18O/c1-9-6-7-12(10(2)8-9)13(4,5)11(3)14/h6-8H,1-5H3. The molecule has 0 aliphatic rings. The zero-order valence-electron chi connectivity index (χ0n) is 9.64. The molecule has 0 saturated heterocycles. The Morgan fingerprint density at radius 2 is 1.79 bits per heavy atom. The molecule has 0 heterocycles. The molecule has 0 spiro atoms. The van der Waals surface area contributed by atoms with Gasteiger partial charge >= 0.3 is 0 Å². The summed E-state index contributed by atoms with van der Waals surface area (Å²) in [6.45, 7) is 9.74. The van der Waals surface area contributed by atoms with Gasteiger partial charge in [-0.2, -0.15) is 0 Å². The first kappa shape index (κ1) is 11.0. The van der Waals surface area contributed by atoms with Crippen molar-refractivity contribution >= 4 is 5.78 Å². The summed E-state index contributed by atoms with van der Waals surface area (Å²) >= 11 is 0. The first-order valence-electron chi connectivity index (χ1n) is 4.94. The normalized spacial score (nSPS) is 11.5. The van der Waals surface area contributed by atoms with E-state index in [0.29, 0.717) is 0 Å². The summed E-state index contributed by atoms with van der Waals surface area (Å²) in [5, 5.41) is 0. The molecule has 1 nitrogen and oxygen atoms in total. The second-order valence-electron chi connectivity index (χ2n) is 4.50. The molecular formula is C13H18O. The number of ketones is 1. The highest BCUT2D eigenvalue weighted by Gasteiger charge is 2.27. The van der Waals surface area contributed by atoms with E-state index in [1.807, 2.05) is 13.8 Å². The SMILES string of the molecule is CC(=O)C(C)(C)c1ccc(C)cc1C. The number of carbonyl (C=O) groups excluding carboxylic acids is 1. The van der Waals surface area contributed by atoms with Gasteiger partial charge in [0.15, 0.2) is 0 Å². The van der Waals surface area contributed by atoms with Gasteiger partial charge in [0.05, 0.1) is 0 Å². The van der Waals surface area contributed by atoms with Crippen molar-refractivity contribution in [3.8, 4) is 0 Å². The van der Waals surface area contributed by atoms with Crippen molar-refractivity contribution in [1.29, 1.82) is 0 Å². The second-order valence-corrected chi connectivity index (χ2v) is 4.50. The third-order valence-electron chi connectivity index (χ3n) is 2.94. The van der Waals surface area contributed by atoms with Crippen molar-refractivity contribution in [2.75, 3.05) is 0 Å². The average molecular weight is 190 g/mol. The van der Waals surface area contributed by atoms with E-state index in [9.17, 15) is 4.79 Å². The van der Waals surface area contributed by atoms with E-state index in [1.165, 1.54) is 11.1 Å². The molecule has 14 heavy (non-hydrogen) atoms. The Morgan fingerprint density at radius 3 is 2.21 bits per heavy atom. The number of hydrogen-bond donors (Lipinski definition) is 0. The highest BCUT2D eigenvalue weighted by atomic mass is 16.1. The van der Waals surface area contributed by atoms with Gasteiger partial charge in [0, 0.05) is 5.41 Å². The first-order chi connectivity index (χ1) is 6.35. The Labute approximate surface area is 86.1 Å². The molecule has 1 heteroatoms. The molecule has 1 rings (SSSR count). The Bertz CT molecular complexity index is 361. The zero-order valence-corrected chi connectivity index (χ0v) is 9.64. The van der Waals surface area contributed by atoms with Crippen molar-refractivity contribution in [1.82, 2.24) is 0 Å². The van der Waals surface area contributed by atoms with Crippen LogP contribution in [0.3, 0.4) is 0 Å². The molecule has 0 atom stereocenters. The maximum atomic E-state index is 11.5. The summed E-state index contributed by atoms with van der Waals surface area (Å²) in [6, 6.07) is 6.25. The Balaban J connectivity index is 3.26. The van der Waals surface area contributed by atoms with Crippen LogP contribution in [0.1, 0.15) is 37.5 Å². The molecule has 0 N–H and O–H groups in total. The van der Waals surface area contributed by atoms with Gasteiger partial charge in [-0.15, -0.1) is 0 Å². The van der Waals surface area contributed by atoms with E-state index in [2.05, 4.69) is 32.0 Å². The molecular weight excluding hydrogens is 172 g/mol. The molecule has 0 aliphatic carbocycles. The lowest BCUT2D eigenvalue weighted by atomic mass is 9.79. The minimum Gasteiger partial charge on any atom is -0.299 e. The van der Waals surface area contributed by atoms with Crippen LogP contribution in [-0.4, -0.2) is 5.78 Å². The predicted octanol–water partition coefficient (Wildman–Crippen LogP) is 3.17. The minimum absolute atomic E-state index is 0.212. The predicted molar refractivity (Wildman–Crippen MR) is 59.6 cm³/mol. The Morgan fingerprint density at radius 1 is 1.21 bits per heavy atom. The van der Waals surface area contributed by atoms with Crippen LogP contribution >= 0.6 is 0 Å². The lowest BCUT2D eigenvalue weighted by Gasteiger charge is -2.24. The number of Topliss-reactive ketones (excluding diaryl/α,β-unsaturated/α-hetero) is 1. The Kier molecular flexibility index (Phi) is 2.79. The highest BCUT2D eigenvalue weighted by Crippen LogP contribution is 2.27. The van der Waals surface area contributed by atoms with Crippen molar-refractivity contribution in [3.05, 3.63) is 34.9 Å². The van der Waals surface area contributed by atoms with Gasteiger partial charge < -0.3 is 0 Å². The minimum atomic E-state index is -0.363. The van der Waals surface area contributed by atoms with E-state index >= 15 is 0 Å². The van der Waals surface area contributed by atoms with Crippen LogP contribution in [0, 0.1) is 13.8 Å². The Hall–Kier alpha value is -1.11. The van der Waals surface area contributed by atoms with Crippen molar-refractivity contribution in [2.24, 2.45) is 0 Å². The molecule has 0 unspecified atom stereocenters. The quantitative estimate of drug-likeness (QED) is 0.700. The van der Waals surface area contributed by atoms with Crippen LogP contribution in [0.15, 0.2) is 18.2 Å². The smallest absolute Gasteiger partial charge is 0.139 e. The van der Waals surface area contributed by atoms with Crippen LogP contribution in [-0.2, 0) is 10.2 Å². The molecule has 1 aromatic carbocycles. The second kappa shape index (κ2) is 3.56. The van der Waals surface area contributed by atoms with E-state index < -0.39 is 0 Å². The van der Waals surface area contributed by atoms with Crippen LogP contribution in [0.4, 0.5) is 0 Å². The summed E-state index contributed by atoms with van der Waals surface area (Å²) in [6.07, 6.45) is 0. The molecule has 0 radical (unpaired) electrons. The largest absolute Gasteiger partial charge is 0.299 e. The zero-order chi connectivity index (χ0) is 10.9. The van der Waals surface area contributed by atoms with Crippen LogP contribution < -0.4 is 0 Å². The molecule has 0 bridgehead atoms. The summed E-state index contributed by atoms with van der Waals surface area (Å²) in [5.41, 5.74) is 3.21. The van der Waals surface area contributed by atoms with Crippen molar-refractivity contribution < 1.29 is 4.79 Å². The lowest BCUT2D eigenvalue weighted by molar-refractivity contribution is -0.121. The fourth-order valence-electron chi connectivity index (χ4n) is 1.70. The lowest BCUT2D eigenvalue weighted by Crippen LogP contribution is -2.27. The highest BCUT2D eigenvalue weighted by molar-refractivity contribution is 5.87. The molecule has 0 fully saturated rings. The number of carbonyl (C=O) groups is 1. The number of hydrogen-bond acceptors (Lipinski definition) is 1. The molecule has 76 valence electrons. The maximum Gasteiger partial charge on any atom is 0.139 e. The van der Waals surface area contributed by atoms with Gasteiger partial charge in [-0.3, -0.25) is 4.79 Å². The fraction of sp³-hybridized carbons (Fsp3) is 0.462. The number of rotatable bonds is 2. The maximum absolute atomic E-state index is 11.5. The molecule has 0 saturated carbocycles. The van der Waals surface area contributed by atoms with E-state index in [-0.39, 0.29) is 11.2 Å². The van der Waals surface area contributed by atoms with E-state index in [4.69, 9.17) is 0 Å². The van der Waals surface area contributed by atoms with Gasteiger partial charge in [-0.25, -0.2) is 0 Å². The van der Waals surface area contributed by atoms with Gasteiger partial charge in [-0.05, 0) is 45.7 Å². The number of aryl methyl sites for hydroxylation is 2. The summed E-state index contributed by atoms with van der Waals surface area (Å²) in [7, 11) is 0. The third-order valence-corrected chi connectivity index (χ3v) is 2.94.